The van der Waals surface area contributed by atoms with Crippen LogP contribution in [0.3, 0.4) is 0 Å². The van der Waals surface area contributed by atoms with Gasteiger partial charge < -0.3 is 14.5 Å². The molecule has 0 aliphatic heterocycles. The number of Topliss-reactive ketones (excluding diaryl/α,β-unsaturated/α-hetero) is 1. The summed E-state index contributed by atoms with van der Waals surface area (Å²) in [7, 11) is 4.35. The minimum absolute atomic E-state index is 0.0916. The normalized spacial score (nSPS) is 13.0. The fourth-order valence-electron chi connectivity index (χ4n) is 5.98. The first-order valence-corrected chi connectivity index (χ1v) is 19.1. The SMILES string of the molecule is C=CC(CCCC)C(=O)OCCCCCCCCCN(CCCCCCCCCCC(=O)C(CC)CCCC)CCN(C)C. The van der Waals surface area contributed by atoms with E-state index in [1.54, 1.807) is 6.08 Å². The number of carbonyl (C=O) groups excluding carboxylic acids is 2. The summed E-state index contributed by atoms with van der Waals surface area (Å²) in [4.78, 5) is 29.5. The lowest BCUT2D eigenvalue weighted by atomic mass is 9.91. The van der Waals surface area contributed by atoms with Crippen molar-refractivity contribution in [2.24, 2.45) is 11.8 Å². The molecule has 0 radical (unpaired) electrons. The quantitative estimate of drug-likeness (QED) is 0.0407. The van der Waals surface area contributed by atoms with Crippen LogP contribution in [0.2, 0.25) is 0 Å². The molecular weight excluding hydrogens is 544 g/mol. The standard InChI is InChI=1S/C39H76N2O3/c1-7-11-28-36(9-3)38(42)30-24-20-16-13-14-17-21-25-31-41(34-33-40(5)6)32-26-22-18-15-19-23-27-35-44-39(43)37(10-4)29-12-8-2/h10,36-37H,4,7-9,11-35H2,1-3,5-6H3. The Bertz CT molecular complexity index is 666. The lowest BCUT2D eigenvalue weighted by Gasteiger charge is -2.24. The second-order valence-electron chi connectivity index (χ2n) is 13.6. The Morgan fingerprint density at radius 1 is 0.636 bits per heavy atom. The first kappa shape index (κ1) is 42.8. The molecule has 0 N–H and O–H groups in total. The van der Waals surface area contributed by atoms with E-state index in [9.17, 15) is 9.59 Å². The third-order valence-corrected chi connectivity index (χ3v) is 9.18. The molecule has 44 heavy (non-hydrogen) atoms. The van der Waals surface area contributed by atoms with Crippen LogP contribution in [0, 0.1) is 11.8 Å². The lowest BCUT2D eigenvalue weighted by Crippen LogP contribution is -2.33. The van der Waals surface area contributed by atoms with E-state index in [2.05, 4.69) is 51.2 Å². The summed E-state index contributed by atoms with van der Waals surface area (Å²) in [6, 6.07) is 0. The molecular formula is C39H76N2O3. The number of likely N-dealkylation sites (N-methyl/N-ethyl adjacent to an activating group) is 1. The minimum atomic E-state index is -0.134. The number of esters is 1. The first-order chi connectivity index (χ1) is 21.4. The van der Waals surface area contributed by atoms with Crippen molar-refractivity contribution in [2.75, 3.05) is 46.9 Å². The zero-order chi connectivity index (χ0) is 32.7. The molecule has 0 aliphatic carbocycles. The van der Waals surface area contributed by atoms with Gasteiger partial charge in [0.2, 0.25) is 0 Å². The van der Waals surface area contributed by atoms with Crippen molar-refractivity contribution in [1.82, 2.24) is 9.80 Å². The van der Waals surface area contributed by atoms with Gasteiger partial charge in [-0.25, -0.2) is 0 Å². The Morgan fingerprint density at radius 3 is 1.64 bits per heavy atom. The molecule has 0 aliphatic rings. The van der Waals surface area contributed by atoms with E-state index < -0.39 is 0 Å². The number of carbonyl (C=O) groups is 2. The molecule has 0 aromatic heterocycles. The van der Waals surface area contributed by atoms with Crippen LogP contribution in [0.25, 0.3) is 0 Å². The van der Waals surface area contributed by atoms with Crippen LogP contribution >= 0.6 is 0 Å². The third kappa shape index (κ3) is 26.1. The van der Waals surface area contributed by atoms with Crippen molar-refractivity contribution in [3.8, 4) is 0 Å². The number of ether oxygens (including phenoxy) is 1. The van der Waals surface area contributed by atoms with Gasteiger partial charge in [-0.3, -0.25) is 9.59 Å². The van der Waals surface area contributed by atoms with E-state index >= 15 is 0 Å². The summed E-state index contributed by atoms with van der Waals surface area (Å²) < 4.78 is 5.47. The number of rotatable bonds is 34. The van der Waals surface area contributed by atoms with Crippen molar-refractivity contribution in [2.45, 2.75) is 168 Å². The highest BCUT2D eigenvalue weighted by Gasteiger charge is 2.16. The van der Waals surface area contributed by atoms with Gasteiger partial charge in [0.05, 0.1) is 12.5 Å². The van der Waals surface area contributed by atoms with E-state index in [4.69, 9.17) is 4.74 Å². The predicted octanol–water partition coefficient (Wildman–Crippen LogP) is 10.4. The zero-order valence-corrected chi connectivity index (χ0v) is 30.4. The first-order valence-electron chi connectivity index (χ1n) is 19.1. The Hall–Kier alpha value is -1.20. The second kappa shape index (κ2) is 31.8. The predicted molar refractivity (Wildman–Crippen MR) is 191 cm³/mol. The third-order valence-electron chi connectivity index (χ3n) is 9.18. The number of ketones is 1. The molecule has 0 aromatic rings. The summed E-state index contributed by atoms with van der Waals surface area (Å²) in [5, 5.41) is 0. The molecule has 0 saturated heterocycles. The number of hydrogen-bond donors (Lipinski definition) is 0. The summed E-state index contributed by atoms with van der Waals surface area (Å²) in [6.07, 6.45) is 28.9. The van der Waals surface area contributed by atoms with Crippen molar-refractivity contribution in [1.29, 1.82) is 0 Å². The van der Waals surface area contributed by atoms with Crippen molar-refractivity contribution in [3.05, 3.63) is 12.7 Å². The lowest BCUT2D eigenvalue weighted by molar-refractivity contribution is -0.147. The summed E-state index contributed by atoms with van der Waals surface area (Å²) in [5.41, 5.74) is 0. The fraction of sp³-hybridized carbons (Fsp3) is 0.897. The Morgan fingerprint density at radius 2 is 1.14 bits per heavy atom. The largest absolute Gasteiger partial charge is 0.465 e. The summed E-state index contributed by atoms with van der Waals surface area (Å²) in [5.74, 6) is 0.613. The molecule has 2 unspecified atom stereocenters. The van der Waals surface area contributed by atoms with Gasteiger partial charge in [0.25, 0.3) is 0 Å². The molecule has 260 valence electrons. The molecule has 0 rings (SSSR count). The molecule has 0 amide bonds. The van der Waals surface area contributed by atoms with Crippen LogP contribution in [0.1, 0.15) is 168 Å². The minimum Gasteiger partial charge on any atom is -0.465 e. The molecule has 0 bridgehead atoms. The summed E-state index contributed by atoms with van der Waals surface area (Å²) >= 11 is 0. The van der Waals surface area contributed by atoms with Gasteiger partial charge in [-0.1, -0.05) is 123 Å². The Balaban J connectivity index is 3.85. The van der Waals surface area contributed by atoms with E-state index in [0.717, 1.165) is 64.3 Å². The van der Waals surface area contributed by atoms with Crippen molar-refractivity contribution < 1.29 is 14.3 Å². The average Bonchev–Trinajstić information content (AvgIpc) is 3.01. The fourth-order valence-corrected chi connectivity index (χ4v) is 5.98. The number of nitrogens with zero attached hydrogens (tertiary/aromatic N) is 2. The number of unbranched alkanes of at least 4 members (excludes halogenated alkanes) is 15. The van der Waals surface area contributed by atoms with Gasteiger partial charge in [0.1, 0.15) is 5.78 Å². The van der Waals surface area contributed by atoms with Crippen LogP contribution in [-0.4, -0.2) is 68.4 Å². The maximum atomic E-state index is 12.4. The maximum Gasteiger partial charge on any atom is 0.312 e. The molecule has 0 aromatic carbocycles. The van der Waals surface area contributed by atoms with Crippen LogP contribution in [0.5, 0.6) is 0 Å². The summed E-state index contributed by atoms with van der Waals surface area (Å²) in [6.45, 7) is 15.6. The van der Waals surface area contributed by atoms with Crippen LogP contribution in [0.4, 0.5) is 0 Å². The van der Waals surface area contributed by atoms with Crippen molar-refractivity contribution >= 4 is 11.8 Å². The average molecular weight is 621 g/mol. The van der Waals surface area contributed by atoms with Gasteiger partial charge in [0, 0.05) is 25.4 Å². The maximum absolute atomic E-state index is 12.4. The van der Waals surface area contributed by atoms with Gasteiger partial charge in [0.15, 0.2) is 0 Å². The van der Waals surface area contributed by atoms with Crippen molar-refractivity contribution in [3.63, 3.8) is 0 Å². The van der Waals surface area contributed by atoms with E-state index in [1.165, 1.54) is 110 Å². The van der Waals surface area contributed by atoms with Gasteiger partial charge in [-0.2, -0.15) is 0 Å². The highest BCUT2D eigenvalue weighted by Crippen LogP contribution is 2.18. The zero-order valence-electron chi connectivity index (χ0n) is 30.4. The van der Waals surface area contributed by atoms with E-state index in [-0.39, 0.29) is 11.9 Å². The second-order valence-corrected chi connectivity index (χ2v) is 13.6. The highest BCUT2D eigenvalue weighted by molar-refractivity contribution is 5.80. The highest BCUT2D eigenvalue weighted by atomic mass is 16.5. The Labute approximate surface area is 275 Å². The molecule has 5 heteroatoms. The number of hydrogen-bond acceptors (Lipinski definition) is 5. The molecule has 0 fully saturated rings. The van der Waals surface area contributed by atoms with Gasteiger partial charge in [-0.15, -0.1) is 6.58 Å². The molecule has 2 atom stereocenters. The van der Waals surface area contributed by atoms with E-state index in [1.807, 2.05) is 0 Å². The van der Waals surface area contributed by atoms with Crippen LogP contribution in [0.15, 0.2) is 12.7 Å². The van der Waals surface area contributed by atoms with Crippen LogP contribution < -0.4 is 0 Å². The molecule has 0 heterocycles. The molecule has 5 nitrogen and oxygen atoms in total. The monoisotopic (exact) mass is 621 g/mol. The smallest absolute Gasteiger partial charge is 0.312 e. The van der Waals surface area contributed by atoms with Gasteiger partial charge in [-0.05, 0) is 72.1 Å². The van der Waals surface area contributed by atoms with Crippen LogP contribution in [-0.2, 0) is 14.3 Å². The van der Waals surface area contributed by atoms with Gasteiger partial charge >= 0.3 is 5.97 Å². The molecule has 0 saturated carbocycles. The van der Waals surface area contributed by atoms with E-state index in [0.29, 0.717) is 18.3 Å². The molecule has 0 spiro atoms. The Kier molecular flexibility index (Phi) is 30.9. The topological polar surface area (TPSA) is 49.9 Å².